The van der Waals surface area contributed by atoms with E-state index in [2.05, 4.69) is 4.90 Å². The summed E-state index contributed by atoms with van der Waals surface area (Å²) in [5.74, 6) is 0.481. The van der Waals surface area contributed by atoms with Crippen LogP contribution in [-0.2, 0) is 4.74 Å². The van der Waals surface area contributed by atoms with Crippen LogP contribution in [-0.4, -0.2) is 55.0 Å². The number of aliphatic hydroxyl groups is 1. The molecule has 15 heavy (non-hydrogen) atoms. The number of rotatable bonds is 2. The van der Waals surface area contributed by atoms with Crippen molar-refractivity contribution in [1.82, 2.24) is 4.90 Å². The first-order valence-electron chi connectivity index (χ1n) is 5.99. The largest absolute Gasteiger partial charge is 0.393 e. The molecule has 0 saturated carbocycles. The highest BCUT2D eigenvalue weighted by atomic mass is 16.5. The first kappa shape index (κ1) is 11.3. The predicted octanol–water partition coefficient (Wildman–Crippen LogP) is -0.193. The molecule has 2 atom stereocenters. The number of aliphatic hydroxyl groups excluding tert-OH is 1. The van der Waals surface area contributed by atoms with E-state index in [0.29, 0.717) is 12.0 Å². The molecule has 2 heterocycles. The number of nitrogens with zero attached hydrogens (tertiary/aromatic N) is 1. The number of piperidine rings is 1. The summed E-state index contributed by atoms with van der Waals surface area (Å²) in [4.78, 5) is 2.41. The Hall–Kier alpha value is -0.160. The minimum Gasteiger partial charge on any atom is -0.393 e. The van der Waals surface area contributed by atoms with Crippen molar-refractivity contribution in [3.05, 3.63) is 0 Å². The van der Waals surface area contributed by atoms with E-state index in [1.54, 1.807) is 0 Å². The molecule has 0 aromatic heterocycles. The minimum atomic E-state index is -0.0856. The highest BCUT2D eigenvalue weighted by molar-refractivity contribution is 4.81. The Morgan fingerprint density at radius 3 is 2.67 bits per heavy atom. The molecular formula is C11H22N2O2. The van der Waals surface area contributed by atoms with Crippen LogP contribution in [0.4, 0.5) is 0 Å². The highest BCUT2D eigenvalue weighted by Gasteiger charge is 2.26. The van der Waals surface area contributed by atoms with Gasteiger partial charge in [0.1, 0.15) is 0 Å². The zero-order valence-corrected chi connectivity index (χ0v) is 9.27. The third kappa shape index (κ3) is 3.14. The maximum absolute atomic E-state index is 9.41. The van der Waals surface area contributed by atoms with Gasteiger partial charge in [-0.1, -0.05) is 0 Å². The van der Waals surface area contributed by atoms with E-state index in [-0.39, 0.29) is 6.10 Å². The second-order valence-electron chi connectivity index (χ2n) is 4.82. The summed E-state index contributed by atoms with van der Waals surface area (Å²) >= 11 is 0. The molecule has 0 radical (unpaired) electrons. The molecule has 88 valence electrons. The fourth-order valence-corrected chi connectivity index (χ4v) is 2.44. The van der Waals surface area contributed by atoms with Crippen LogP contribution in [0.2, 0.25) is 0 Å². The maximum Gasteiger partial charge on any atom is 0.0564 e. The van der Waals surface area contributed by atoms with Crippen LogP contribution in [0, 0.1) is 5.92 Å². The van der Waals surface area contributed by atoms with Crippen LogP contribution >= 0.6 is 0 Å². The van der Waals surface area contributed by atoms with Gasteiger partial charge in [0.25, 0.3) is 0 Å². The van der Waals surface area contributed by atoms with Crippen molar-refractivity contribution < 1.29 is 9.84 Å². The van der Waals surface area contributed by atoms with Gasteiger partial charge in [-0.3, -0.25) is 0 Å². The lowest BCUT2D eigenvalue weighted by Crippen LogP contribution is -2.47. The van der Waals surface area contributed by atoms with E-state index in [0.717, 1.165) is 52.1 Å². The van der Waals surface area contributed by atoms with Crippen molar-refractivity contribution in [2.24, 2.45) is 11.7 Å². The van der Waals surface area contributed by atoms with Crippen LogP contribution in [0.15, 0.2) is 0 Å². The molecule has 2 unspecified atom stereocenters. The van der Waals surface area contributed by atoms with Crippen LogP contribution < -0.4 is 5.73 Å². The van der Waals surface area contributed by atoms with Crippen LogP contribution in [0.25, 0.3) is 0 Å². The van der Waals surface area contributed by atoms with Gasteiger partial charge in [-0.25, -0.2) is 0 Å². The summed E-state index contributed by atoms with van der Waals surface area (Å²) in [5, 5.41) is 9.41. The van der Waals surface area contributed by atoms with E-state index in [4.69, 9.17) is 10.5 Å². The van der Waals surface area contributed by atoms with Crippen molar-refractivity contribution in [3.63, 3.8) is 0 Å². The first-order valence-corrected chi connectivity index (χ1v) is 5.99. The number of hydrogen-bond donors (Lipinski definition) is 2. The fraction of sp³-hybridized carbons (Fsp3) is 1.00. The molecule has 2 aliphatic heterocycles. The van der Waals surface area contributed by atoms with Gasteiger partial charge in [0.15, 0.2) is 0 Å². The summed E-state index contributed by atoms with van der Waals surface area (Å²) in [7, 11) is 0. The van der Waals surface area contributed by atoms with E-state index in [1.807, 2.05) is 0 Å². The first-order chi connectivity index (χ1) is 7.25. The molecule has 0 bridgehead atoms. The molecule has 0 aliphatic carbocycles. The number of likely N-dealkylation sites (tertiary alicyclic amines) is 1. The number of nitrogens with two attached hydrogens (primary N) is 1. The smallest absolute Gasteiger partial charge is 0.0564 e. The molecule has 0 aromatic rings. The third-order valence-electron chi connectivity index (χ3n) is 3.58. The highest BCUT2D eigenvalue weighted by Crippen LogP contribution is 2.17. The molecule has 4 nitrogen and oxygen atoms in total. The van der Waals surface area contributed by atoms with Gasteiger partial charge >= 0.3 is 0 Å². The molecular weight excluding hydrogens is 192 g/mol. The monoisotopic (exact) mass is 214 g/mol. The summed E-state index contributed by atoms with van der Waals surface area (Å²) < 4.78 is 5.46. The Kier molecular flexibility index (Phi) is 3.97. The fourth-order valence-electron chi connectivity index (χ4n) is 2.44. The van der Waals surface area contributed by atoms with Crippen molar-refractivity contribution >= 4 is 0 Å². The summed E-state index contributed by atoms with van der Waals surface area (Å²) in [5.41, 5.74) is 6.07. The Morgan fingerprint density at radius 1 is 1.27 bits per heavy atom. The van der Waals surface area contributed by atoms with Gasteiger partial charge in [-0.15, -0.1) is 0 Å². The molecule has 3 N–H and O–H groups in total. The molecule has 2 rings (SSSR count). The van der Waals surface area contributed by atoms with Crippen LogP contribution in [0.1, 0.15) is 19.3 Å². The van der Waals surface area contributed by atoms with E-state index < -0.39 is 0 Å². The normalized spacial score (nSPS) is 35.6. The van der Waals surface area contributed by atoms with Gasteiger partial charge in [0.2, 0.25) is 0 Å². The van der Waals surface area contributed by atoms with Crippen LogP contribution in [0.5, 0.6) is 0 Å². The van der Waals surface area contributed by atoms with E-state index in [9.17, 15) is 5.11 Å². The number of ether oxygens (including phenoxy) is 1. The minimum absolute atomic E-state index is 0.0856. The molecule has 4 heteroatoms. The van der Waals surface area contributed by atoms with Gasteiger partial charge in [-0.2, -0.15) is 0 Å². The SMILES string of the molecule is NC1CCOCC1CN1CCC(O)CC1. The average molecular weight is 214 g/mol. The quantitative estimate of drug-likeness (QED) is 0.669. The molecule has 0 spiro atoms. The lowest BCUT2D eigenvalue weighted by atomic mass is 9.95. The Morgan fingerprint density at radius 2 is 2.00 bits per heavy atom. The third-order valence-corrected chi connectivity index (χ3v) is 3.58. The summed E-state index contributed by atoms with van der Waals surface area (Å²) in [6, 6.07) is 0.297. The van der Waals surface area contributed by atoms with Gasteiger partial charge < -0.3 is 20.5 Å². The zero-order chi connectivity index (χ0) is 10.7. The Balaban J connectivity index is 1.75. The standard InChI is InChI=1S/C11H22N2O2/c12-11-3-6-15-8-9(11)7-13-4-1-10(14)2-5-13/h9-11,14H,1-8,12H2. The predicted molar refractivity (Wildman–Crippen MR) is 58.6 cm³/mol. The molecule has 2 saturated heterocycles. The van der Waals surface area contributed by atoms with Crippen molar-refractivity contribution in [2.75, 3.05) is 32.8 Å². The van der Waals surface area contributed by atoms with Crippen LogP contribution in [0.3, 0.4) is 0 Å². The van der Waals surface area contributed by atoms with Crippen molar-refractivity contribution in [2.45, 2.75) is 31.4 Å². The molecule has 2 aliphatic rings. The van der Waals surface area contributed by atoms with Crippen molar-refractivity contribution in [1.29, 1.82) is 0 Å². The van der Waals surface area contributed by atoms with E-state index in [1.165, 1.54) is 0 Å². The molecule has 0 amide bonds. The van der Waals surface area contributed by atoms with Gasteiger partial charge in [0.05, 0.1) is 12.7 Å². The molecule has 0 aromatic carbocycles. The Labute approximate surface area is 91.4 Å². The van der Waals surface area contributed by atoms with Gasteiger partial charge in [-0.05, 0) is 19.3 Å². The van der Waals surface area contributed by atoms with Gasteiger partial charge in [0, 0.05) is 38.2 Å². The molecule has 2 fully saturated rings. The lowest BCUT2D eigenvalue weighted by molar-refractivity contribution is 0.0129. The zero-order valence-electron chi connectivity index (χ0n) is 9.27. The lowest BCUT2D eigenvalue weighted by Gasteiger charge is -2.36. The van der Waals surface area contributed by atoms with E-state index >= 15 is 0 Å². The second kappa shape index (κ2) is 5.25. The summed E-state index contributed by atoms with van der Waals surface area (Å²) in [6.07, 6.45) is 2.71. The average Bonchev–Trinajstić information content (AvgIpc) is 2.25. The second-order valence-corrected chi connectivity index (χ2v) is 4.82. The summed E-state index contributed by atoms with van der Waals surface area (Å²) in [6.45, 7) is 4.67. The topological polar surface area (TPSA) is 58.7 Å². The number of hydrogen-bond acceptors (Lipinski definition) is 4. The van der Waals surface area contributed by atoms with Crippen molar-refractivity contribution in [3.8, 4) is 0 Å². The maximum atomic E-state index is 9.41. The Bertz CT molecular complexity index is 193.